The maximum Gasteiger partial charge on any atom is 0.271 e. The zero-order valence-electron chi connectivity index (χ0n) is 9.23. The monoisotopic (exact) mass is 204 g/mol. The average molecular weight is 204 g/mol. The van der Waals surface area contributed by atoms with Crippen LogP contribution in [0.2, 0.25) is 0 Å². The summed E-state index contributed by atoms with van der Waals surface area (Å²) in [5.74, 6) is 2.50. The Bertz CT molecular complexity index is 373. The average Bonchev–Trinajstić information content (AvgIpc) is 2.72. The Kier molecular flexibility index (Phi) is 3.99. The summed E-state index contributed by atoms with van der Waals surface area (Å²) in [6, 6.07) is 3.70. The molecule has 0 radical (unpaired) electrons. The Labute approximate surface area is 90.7 Å². The fraction of sp³-hybridized carbons (Fsp3) is 0.417. The highest BCUT2D eigenvalue weighted by atomic mass is 16.2. The molecule has 1 aromatic rings. The topological polar surface area (TPSA) is 25.2 Å². The van der Waals surface area contributed by atoms with Gasteiger partial charge in [-0.1, -0.05) is 5.92 Å². The molecule has 0 aliphatic heterocycles. The van der Waals surface area contributed by atoms with Crippen LogP contribution in [0, 0.1) is 12.3 Å². The van der Waals surface area contributed by atoms with E-state index in [9.17, 15) is 4.79 Å². The summed E-state index contributed by atoms with van der Waals surface area (Å²) in [4.78, 5) is 13.7. The lowest BCUT2D eigenvalue weighted by atomic mass is 10.3. The lowest BCUT2D eigenvalue weighted by molar-refractivity contribution is 0.0774. The van der Waals surface area contributed by atoms with Gasteiger partial charge in [0.25, 0.3) is 5.91 Å². The molecule has 0 aliphatic carbocycles. The molecule has 0 atom stereocenters. The van der Waals surface area contributed by atoms with Gasteiger partial charge in [0, 0.05) is 19.3 Å². The minimum Gasteiger partial charge on any atom is -0.344 e. The molecule has 1 rings (SSSR count). The van der Waals surface area contributed by atoms with Crippen LogP contribution in [0.4, 0.5) is 0 Å². The van der Waals surface area contributed by atoms with Crippen molar-refractivity contribution in [2.45, 2.75) is 20.4 Å². The first kappa shape index (κ1) is 11.4. The van der Waals surface area contributed by atoms with E-state index in [0.29, 0.717) is 18.8 Å². The number of carbonyl (C=O) groups is 1. The van der Waals surface area contributed by atoms with E-state index in [1.54, 1.807) is 4.90 Å². The molecule has 0 fully saturated rings. The van der Waals surface area contributed by atoms with Crippen LogP contribution < -0.4 is 0 Å². The van der Waals surface area contributed by atoms with E-state index in [-0.39, 0.29) is 5.91 Å². The van der Waals surface area contributed by atoms with Gasteiger partial charge < -0.3 is 9.47 Å². The zero-order chi connectivity index (χ0) is 11.3. The van der Waals surface area contributed by atoms with Gasteiger partial charge in [0.2, 0.25) is 0 Å². The van der Waals surface area contributed by atoms with Crippen molar-refractivity contribution >= 4 is 5.91 Å². The van der Waals surface area contributed by atoms with E-state index in [1.807, 2.05) is 36.7 Å². The molecule has 0 N–H and O–H groups in total. The fourth-order valence-corrected chi connectivity index (χ4v) is 1.48. The summed E-state index contributed by atoms with van der Waals surface area (Å²) >= 11 is 0. The van der Waals surface area contributed by atoms with Crippen molar-refractivity contribution in [1.82, 2.24) is 9.47 Å². The quantitative estimate of drug-likeness (QED) is 0.684. The van der Waals surface area contributed by atoms with Gasteiger partial charge in [-0.2, -0.15) is 0 Å². The number of aromatic nitrogens is 1. The Morgan fingerprint density at radius 3 is 2.87 bits per heavy atom. The third-order valence-electron chi connectivity index (χ3n) is 2.34. The van der Waals surface area contributed by atoms with Gasteiger partial charge in [0.05, 0.1) is 6.54 Å². The highest BCUT2D eigenvalue weighted by Crippen LogP contribution is 2.06. The van der Waals surface area contributed by atoms with Crippen molar-refractivity contribution in [3.8, 4) is 12.3 Å². The van der Waals surface area contributed by atoms with Crippen LogP contribution in [0.15, 0.2) is 18.3 Å². The number of amides is 1. The first-order valence-electron chi connectivity index (χ1n) is 5.12. The van der Waals surface area contributed by atoms with Crippen LogP contribution in [-0.2, 0) is 6.54 Å². The summed E-state index contributed by atoms with van der Waals surface area (Å²) in [7, 11) is 0. The van der Waals surface area contributed by atoms with E-state index in [2.05, 4.69) is 5.92 Å². The molecular formula is C12H16N2O. The molecule has 1 amide bonds. The van der Waals surface area contributed by atoms with Crippen LogP contribution in [0.25, 0.3) is 0 Å². The van der Waals surface area contributed by atoms with Crippen LogP contribution in [0.3, 0.4) is 0 Å². The van der Waals surface area contributed by atoms with Crippen molar-refractivity contribution in [2.75, 3.05) is 13.1 Å². The molecule has 0 aliphatic rings. The Morgan fingerprint density at radius 2 is 2.33 bits per heavy atom. The number of terminal acetylenes is 1. The predicted molar refractivity (Wildman–Crippen MR) is 60.5 cm³/mol. The lowest BCUT2D eigenvalue weighted by Crippen LogP contribution is -2.32. The maximum atomic E-state index is 12.0. The molecule has 1 heterocycles. The molecular weight excluding hydrogens is 188 g/mol. The number of hydrogen-bond donors (Lipinski definition) is 0. The molecule has 0 aromatic carbocycles. The van der Waals surface area contributed by atoms with Gasteiger partial charge >= 0.3 is 0 Å². The standard InChI is InChI=1S/C12H16N2O/c1-4-9-14(6-3)12(15)11-8-7-10-13(11)5-2/h1,7-8,10H,5-6,9H2,2-3H3. The molecule has 1 aromatic heterocycles. The second-order valence-electron chi connectivity index (χ2n) is 3.20. The number of hydrogen-bond acceptors (Lipinski definition) is 1. The smallest absolute Gasteiger partial charge is 0.271 e. The molecule has 0 saturated carbocycles. The molecule has 80 valence electrons. The summed E-state index contributed by atoms with van der Waals surface area (Å²) in [6.45, 7) is 5.73. The largest absolute Gasteiger partial charge is 0.344 e. The molecule has 3 heteroatoms. The van der Waals surface area contributed by atoms with Crippen molar-refractivity contribution in [3.05, 3.63) is 24.0 Å². The summed E-state index contributed by atoms with van der Waals surface area (Å²) in [5, 5.41) is 0. The van der Waals surface area contributed by atoms with E-state index in [4.69, 9.17) is 6.42 Å². The second-order valence-corrected chi connectivity index (χ2v) is 3.20. The molecule has 0 spiro atoms. The highest BCUT2D eigenvalue weighted by Gasteiger charge is 2.15. The Hall–Kier alpha value is -1.69. The van der Waals surface area contributed by atoms with Crippen LogP contribution >= 0.6 is 0 Å². The van der Waals surface area contributed by atoms with Gasteiger partial charge in [-0.15, -0.1) is 6.42 Å². The fourth-order valence-electron chi connectivity index (χ4n) is 1.48. The predicted octanol–water partition coefficient (Wildman–Crippen LogP) is 1.60. The third-order valence-corrected chi connectivity index (χ3v) is 2.34. The van der Waals surface area contributed by atoms with Crippen molar-refractivity contribution in [2.24, 2.45) is 0 Å². The molecule has 3 nitrogen and oxygen atoms in total. The van der Waals surface area contributed by atoms with Crippen molar-refractivity contribution in [1.29, 1.82) is 0 Å². The minimum atomic E-state index is 0.00213. The summed E-state index contributed by atoms with van der Waals surface area (Å²) in [6.07, 6.45) is 7.12. The Balaban J connectivity index is 2.88. The number of rotatable bonds is 4. The first-order chi connectivity index (χ1) is 7.24. The van der Waals surface area contributed by atoms with Crippen LogP contribution in [0.1, 0.15) is 24.3 Å². The van der Waals surface area contributed by atoms with Gasteiger partial charge in [-0.3, -0.25) is 4.79 Å². The zero-order valence-corrected chi connectivity index (χ0v) is 9.23. The molecule has 0 unspecified atom stereocenters. The molecule has 15 heavy (non-hydrogen) atoms. The van der Waals surface area contributed by atoms with Gasteiger partial charge in [0.1, 0.15) is 5.69 Å². The van der Waals surface area contributed by atoms with Crippen molar-refractivity contribution < 1.29 is 4.79 Å². The van der Waals surface area contributed by atoms with Crippen LogP contribution in [0.5, 0.6) is 0 Å². The van der Waals surface area contributed by atoms with Crippen LogP contribution in [-0.4, -0.2) is 28.5 Å². The summed E-state index contributed by atoms with van der Waals surface area (Å²) in [5.41, 5.74) is 0.703. The Morgan fingerprint density at radius 1 is 1.60 bits per heavy atom. The minimum absolute atomic E-state index is 0.00213. The normalized spacial score (nSPS) is 9.67. The highest BCUT2D eigenvalue weighted by molar-refractivity contribution is 5.92. The number of aryl methyl sites for hydroxylation is 1. The maximum absolute atomic E-state index is 12.0. The van der Waals surface area contributed by atoms with E-state index in [0.717, 1.165) is 6.54 Å². The number of carbonyl (C=O) groups excluding carboxylic acids is 1. The van der Waals surface area contributed by atoms with Gasteiger partial charge in [0.15, 0.2) is 0 Å². The van der Waals surface area contributed by atoms with E-state index >= 15 is 0 Å². The summed E-state index contributed by atoms with van der Waals surface area (Å²) < 4.78 is 1.92. The van der Waals surface area contributed by atoms with Gasteiger partial charge in [-0.25, -0.2) is 0 Å². The van der Waals surface area contributed by atoms with E-state index in [1.165, 1.54) is 0 Å². The molecule has 0 saturated heterocycles. The number of nitrogens with zero attached hydrogens (tertiary/aromatic N) is 2. The van der Waals surface area contributed by atoms with E-state index < -0.39 is 0 Å². The van der Waals surface area contributed by atoms with Crippen molar-refractivity contribution in [3.63, 3.8) is 0 Å². The SMILES string of the molecule is C#CCN(CC)C(=O)c1cccn1CC. The second kappa shape index (κ2) is 5.26. The first-order valence-corrected chi connectivity index (χ1v) is 5.12. The lowest BCUT2D eigenvalue weighted by Gasteiger charge is -2.18. The van der Waals surface area contributed by atoms with Gasteiger partial charge in [-0.05, 0) is 26.0 Å². The molecule has 0 bridgehead atoms. The third kappa shape index (κ3) is 2.41.